The van der Waals surface area contributed by atoms with Crippen LogP contribution in [0.2, 0.25) is 0 Å². The molecule has 0 aliphatic heterocycles. The van der Waals surface area contributed by atoms with E-state index >= 15 is 0 Å². The van der Waals surface area contributed by atoms with E-state index in [4.69, 9.17) is 24.3 Å². The van der Waals surface area contributed by atoms with Crippen LogP contribution in [0.1, 0.15) is 142 Å². The van der Waals surface area contributed by atoms with Crippen molar-refractivity contribution >= 4 is 19.8 Å². The fourth-order valence-corrected chi connectivity index (χ4v) is 5.33. The van der Waals surface area contributed by atoms with Crippen molar-refractivity contribution in [2.75, 3.05) is 26.4 Å². The second-order valence-corrected chi connectivity index (χ2v) is 13.2. The van der Waals surface area contributed by atoms with E-state index in [9.17, 15) is 19.0 Å². The Kier molecular flexibility index (Phi) is 32.4. The lowest BCUT2D eigenvalue weighted by Crippen LogP contribution is -2.29. The number of nitrogens with two attached hydrogens (primary N) is 1. The lowest BCUT2D eigenvalue weighted by Gasteiger charge is -2.19. The maximum Gasteiger partial charge on any atom is 0.472 e. The van der Waals surface area contributed by atoms with Gasteiger partial charge in [0.2, 0.25) is 0 Å². The van der Waals surface area contributed by atoms with Gasteiger partial charge in [0.1, 0.15) is 6.61 Å². The second-order valence-electron chi connectivity index (χ2n) is 11.7. The quantitative estimate of drug-likeness (QED) is 0.0300. The zero-order valence-corrected chi connectivity index (χ0v) is 30.4. The number of allylic oxidation sites excluding steroid dienone is 8. The monoisotopic (exact) mass is 683 g/mol. The summed E-state index contributed by atoms with van der Waals surface area (Å²) in [6.45, 7) is 3.53. The number of hydrogen-bond acceptors (Lipinski definition) is 8. The number of carbonyl (C=O) groups is 2. The van der Waals surface area contributed by atoms with Gasteiger partial charge < -0.3 is 20.1 Å². The molecule has 10 heteroatoms. The van der Waals surface area contributed by atoms with Crippen molar-refractivity contribution in [1.82, 2.24) is 0 Å². The number of carbonyl (C=O) groups excluding carboxylic acids is 2. The number of rotatable bonds is 33. The van der Waals surface area contributed by atoms with Crippen molar-refractivity contribution in [1.29, 1.82) is 0 Å². The topological polar surface area (TPSA) is 134 Å². The predicted molar refractivity (Wildman–Crippen MR) is 192 cm³/mol. The van der Waals surface area contributed by atoms with Crippen LogP contribution in [0.15, 0.2) is 48.6 Å². The van der Waals surface area contributed by atoms with Gasteiger partial charge in [-0.25, -0.2) is 4.57 Å². The van der Waals surface area contributed by atoms with Crippen molar-refractivity contribution < 1.29 is 37.6 Å². The van der Waals surface area contributed by atoms with Gasteiger partial charge in [-0.15, -0.1) is 0 Å². The highest BCUT2D eigenvalue weighted by Crippen LogP contribution is 2.43. The Morgan fingerprint density at radius 2 is 1.17 bits per heavy atom. The average Bonchev–Trinajstić information content (AvgIpc) is 3.05. The third kappa shape index (κ3) is 33.7. The molecule has 1 unspecified atom stereocenters. The molecule has 0 amide bonds. The lowest BCUT2D eigenvalue weighted by atomic mass is 10.1. The van der Waals surface area contributed by atoms with Crippen LogP contribution in [0, 0.1) is 0 Å². The lowest BCUT2D eigenvalue weighted by molar-refractivity contribution is -0.161. The minimum absolute atomic E-state index is 0.0455. The maximum absolute atomic E-state index is 12.5. The van der Waals surface area contributed by atoms with Crippen molar-refractivity contribution in [3.8, 4) is 0 Å². The molecule has 2 atom stereocenters. The van der Waals surface area contributed by atoms with Gasteiger partial charge in [0.25, 0.3) is 0 Å². The molecule has 0 spiro atoms. The Morgan fingerprint density at radius 3 is 1.74 bits per heavy atom. The van der Waals surface area contributed by atoms with Crippen LogP contribution in [0.5, 0.6) is 0 Å². The largest absolute Gasteiger partial charge is 0.472 e. The average molecular weight is 684 g/mol. The smallest absolute Gasteiger partial charge is 0.462 e. The first kappa shape index (κ1) is 45.0. The van der Waals surface area contributed by atoms with Gasteiger partial charge in [0, 0.05) is 19.4 Å². The van der Waals surface area contributed by atoms with Crippen LogP contribution < -0.4 is 5.73 Å². The maximum atomic E-state index is 12.5. The third-order valence-corrected chi connectivity index (χ3v) is 8.21. The summed E-state index contributed by atoms with van der Waals surface area (Å²) in [5.74, 6) is -0.882. The fourth-order valence-electron chi connectivity index (χ4n) is 4.56. The first-order chi connectivity index (χ1) is 22.8. The van der Waals surface area contributed by atoms with E-state index in [1.165, 1.54) is 51.4 Å². The summed E-state index contributed by atoms with van der Waals surface area (Å²) in [7, 11) is -4.38. The van der Waals surface area contributed by atoms with Crippen LogP contribution in [-0.2, 0) is 32.7 Å². The molecule has 9 nitrogen and oxygen atoms in total. The van der Waals surface area contributed by atoms with E-state index < -0.39 is 32.5 Å². The standard InChI is InChI=1S/C37H66NO8P/c1-3-5-7-9-11-13-15-16-17-18-20-22-24-26-28-30-37(40)46-35(34-45-47(41,42)44-32-31-38)33-43-36(39)29-27-25-23-21-19-14-12-10-8-6-4-2/h5,7,11,13,16-17,20,22,35H,3-4,6,8-10,12,14-15,18-19,21,23-34,38H2,1-2H3,(H,41,42)/b7-5+,13-11+,17-16+,22-20+/t35-/m1/s1. The van der Waals surface area contributed by atoms with Crippen LogP contribution >= 0.6 is 7.82 Å². The first-order valence-electron chi connectivity index (χ1n) is 18.1. The molecule has 0 bridgehead atoms. The van der Waals surface area contributed by atoms with Gasteiger partial charge in [-0.05, 0) is 51.4 Å². The molecular weight excluding hydrogens is 617 g/mol. The predicted octanol–water partition coefficient (Wildman–Crippen LogP) is 9.60. The Morgan fingerprint density at radius 1 is 0.660 bits per heavy atom. The van der Waals surface area contributed by atoms with Crippen LogP contribution in [0.4, 0.5) is 0 Å². The summed E-state index contributed by atoms with van der Waals surface area (Å²) >= 11 is 0. The van der Waals surface area contributed by atoms with Gasteiger partial charge in [-0.2, -0.15) is 0 Å². The molecule has 0 aromatic rings. The molecular formula is C37H66NO8P. The van der Waals surface area contributed by atoms with E-state index in [2.05, 4.69) is 62.5 Å². The molecule has 0 radical (unpaired) electrons. The van der Waals surface area contributed by atoms with E-state index in [-0.39, 0.29) is 32.6 Å². The Labute approximate surface area is 286 Å². The van der Waals surface area contributed by atoms with Gasteiger partial charge in [0.05, 0.1) is 13.2 Å². The van der Waals surface area contributed by atoms with E-state index in [0.717, 1.165) is 57.8 Å². The van der Waals surface area contributed by atoms with Crippen LogP contribution in [0.3, 0.4) is 0 Å². The van der Waals surface area contributed by atoms with Crippen molar-refractivity contribution in [2.45, 2.75) is 148 Å². The van der Waals surface area contributed by atoms with E-state index in [1.54, 1.807) is 0 Å². The zero-order valence-electron chi connectivity index (χ0n) is 29.5. The normalized spacial score (nSPS) is 14.0. The van der Waals surface area contributed by atoms with Gasteiger partial charge >= 0.3 is 19.8 Å². The summed E-state index contributed by atoms with van der Waals surface area (Å²) in [5.41, 5.74) is 5.32. The number of ether oxygens (including phenoxy) is 2. The minimum Gasteiger partial charge on any atom is -0.462 e. The summed E-state index contributed by atoms with van der Waals surface area (Å²) in [5, 5.41) is 0. The minimum atomic E-state index is -4.38. The molecule has 0 rings (SSSR count). The van der Waals surface area contributed by atoms with Crippen LogP contribution in [-0.4, -0.2) is 49.3 Å². The van der Waals surface area contributed by atoms with E-state index in [1.807, 2.05) is 0 Å². The number of phosphoric ester groups is 1. The van der Waals surface area contributed by atoms with Gasteiger partial charge in [-0.3, -0.25) is 18.6 Å². The number of unbranched alkanes of at least 4 members (excludes halogenated alkanes) is 12. The highest BCUT2D eigenvalue weighted by Gasteiger charge is 2.25. The summed E-state index contributed by atoms with van der Waals surface area (Å²) in [6, 6.07) is 0. The summed E-state index contributed by atoms with van der Waals surface area (Å²) in [6.07, 6.45) is 35.8. The Bertz CT molecular complexity index is 918. The molecule has 47 heavy (non-hydrogen) atoms. The molecule has 0 heterocycles. The highest BCUT2D eigenvalue weighted by molar-refractivity contribution is 7.47. The molecule has 0 aliphatic carbocycles. The van der Waals surface area contributed by atoms with Crippen LogP contribution in [0.25, 0.3) is 0 Å². The number of esters is 2. The molecule has 0 saturated heterocycles. The van der Waals surface area contributed by atoms with Gasteiger partial charge in [-0.1, -0.05) is 127 Å². The number of phosphoric acid groups is 1. The molecule has 272 valence electrons. The Balaban J connectivity index is 4.34. The molecule has 0 aromatic carbocycles. The highest BCUT2D eigenvalue weighted by atomic mass is 31.2. The van der Waals surface area contributed by atoms with Crippen molar-refractivity contribution in [3.05, 3.63) is 48.6 Å². The van der Waals surface area contributed by atoms with Gasteiger partial charge in [0.15, 0.2) is 6.10 Å². The molecule has 0 fully saturated rings. The van der Waals surface area contributed by atoms with Crippen molar-refractivity contribution in [3.63, 3.8) is 0 Å². The zero-order chi connectivity index (χ0) is 34.7. The third-order valence-electron chi connectivity index (χ3n) is 7.23. The summed E-state index contributed by atoms with van der Waals surface area (Å²) in [4.78, 5) is 34.6. The molecule has 0 saturated carbocycles. The fraction of sp³-hybridized carbons (Fsp3) is 0.730. The first-order valence-corrected chi connectivity index (χ1v) is 19.6. The molecule has 3 N–H and O–H groups in total. The van der Waals surface area contributed by atoms with Crippen molar-refractivity contribution in [2.24, 2.45) is 5.73 Å². The number of hydrogen-bond donors (Lipinski definition) is 2. The molecule has 0 aliphatic rings. The SMILES string of the molecule is CC/C=C/C/C=C/C/C=C/C/C=C/CCCCC(=O)O[C@H](COC(=O)CCCCCCCCCCCCC)COP(=O)(O)OCCN. The molecule has 0 aromatic heterocycles. The summed E-state index contributed by atoms with van der Waals surface area (Å²) < 4.78 is 32.5. The van der Waals surface area contributed by atoms with E-state index in [0.29, 0.717) is 6.42 Å². The Hall–Kier alpha value is -2.03. The second kappa shape index (κ2) is 33.9.